The van der Waals surface area contributed by atoms with E-state index in [4.69, 9.17) is 4.42 Å². The molecule has 0 radical (unpaired) electrons. The molecule has 6 rings (SSSR count). The maximum atomic E-state index is 6.05. The first-order valence-electron chi connectivity index (χ1n) is 8.52. The Kier molecular flexibility index (Phi) is 2.31. The van der Waals surface area contributed by atoms with E-state index < -0.39 is 0 Å². The summed E-state index contributed by atoms with van der Waals surface area (Å²) in [5.41, 5.74) is 4.42. The molecular formula is C23H15NO. The van der Waals surface area contributed by atoms with Crippen LogP contribution >= 0.6 is 0 Å². The molecule has 0 aliphatic rings. The third kappa shape index (κ3) is 1.59. The van der Waals surface area contributed by atoms with Gasteiger partial charge >= 0.3 is 0 Å². The van der Waals surface area contributed by atoms with Crippen molar-refractivity contribution in [2.75, 3.05) is 0 Å². The summed E-state index contributed by atoms with van der Waals surface area (Å²) in [6.07, 6.45) is 0. The zero-order valence-electron chi connectivity index (χ0n) is 13.8. The Hall–Kier alpha value is -3.26. The van der Waals surface area contributed by atoms with Crippen LogP contribution in [0.25, 0.3) is 54.5 Å². The summed E-state index contributed by atoms with van der Waals surface area (Å²) in [5.74, 6) is 0. The molecular weight excluding hydrogens is 306 g/mol. The summed E-state index contributed by atoms with van der Waals surface area (Å²) < 4.78 is 8.34. The normalized spacial score (nSPS) is 12.2. The Morgan fingerprint density at radius 2 is 1.44 bits per heavy atom. The Bertz CT molecular complexity index is 1450. The topological polar surface area (TPSA) is 18.1 Å². The standard InChI is InChI=1S/C23H15NO/c1-24-19-8-4-2-6-15(19)18-12-14-10-11-22-23(17(14)13-20(18)24)16-7-3-5-9-21(16)25-22/h2-13H,1H3. The van der Waals surface area contributed by atoms with Gasteiger partial charge in [0.1, 0.15) is 11.2 Å². The summed E-state index contributed by atoms with van der Waals surface area (Å²) in [6.45, 7) is 0. The van der Waals surface area contributed by atoms with Gasteiger partial charge in [-0.3, -0.25) is 0 Å². The van der Waals surface area contributed by atoms with Crippen LogP contribution in [0.4, 0.5) is 0 Å². The zero-order chi connectivity index (χ0) is 16.5. The number of nitrogens with zero attached hydrogens (tertiary/aromatic N) is 1. The van der Waals surface area contributed by atoms with Crippen LogP contribution in [0, 0.1) is 0 Å². The Balaban J connectivity index is 1.90. The molecule has 0 fully saturated rings. The molecule has 0 N–H and O–H groups in total. The van der Waals surface area contributed by atoms with Gasteiger partial charge in [-0.25, -0.2) is 0 Å². The van der Waals surface area contributed by atoms with E-state index in [1.54, 1.807) is 0 Å². The van der Waals surface area contributed by atoms with Gasteiger partial charge < -0.3 is 8.98 Å². The van der Waals surface area contributed by atoms with E-state index in [1.807, 2.05) is 12.1 Å². The van der Waals surface area contributed by atoms with Crippen molar-refractivity contribution in [1.29, 1.82) is 0 Å². The van der Waals surface area contributed by atoms with Gasteiger partial charge in [-0.2, -0.15) is 0 Å². The summed E-state index contributed by atoms with van der Waals surface area (Å²) in [5, 5.41) is 7.50. The van der Waals surface area contributed by atoms with Gasteiger partial charge in [-0.1, -0.05) is 42.5 Å². The minimum absolute atomic E-state index is 0.946. The van der Waals surface area contributed by atoms with E-state index >= 15 is 0 Å². The van der Waals surface area contributed by atoms with Crippen molar-refractivity contribution in [2.45, 2.75) is 0 Å². The fraction of sp³-hybridized carbons (Fsp3) is 0.0435. The number of aryl methyl sites for hydroxylation is 1. The number of furan rings is 1. The van der Waals surface area contributed by atoms with E-state index in [9.17, 15) is 0 Å². The summed E-state index contributed by atoms with van der Waals surface area (Å²) in [4.78, 5) is 0. The van der Waals surface area contributed by atoms with Gasteiger partial charge in [0.15, 0.2) is 0 Å². The minimum Gasteiger partial charge on any atom is -0.456 e. The van der Waals surface area contributed by atoms with E-state index in [1.165, 1.54) is 43.4 Å². The average Bonchev–Trinajstić information content (AvgIpc) is 3.17. The van der Waals surface area contributed by atoms with Crippen molar-refractivity contribution < 1.29 is 4.42 Å². The predicted molar refractivity (Wildman–Crippen MR) is 105 cm³/mol. The molecule has 25 heavy (non-hydrogen) atoms. The van der Waals surface area contributed by atoms with Crippen LogP contribution in [0.3, 0.4) is 0 Å². The lowest BCUT2D eigenvalue weighted by Crippen LogP contribution is -1.86. The molecule has 2 aromatic heterocycles. The first-order chi connectivity index (χ1) is 12.3. The fourth-order valence-corrected chi connectivity index (χ4v) is 4.20. The van der Waals surface area contributed by atoms with Crippen LogP contribution in [-0.2, 0) is 7.05 Å². The Morgan fingerprint density at radius 3 is 2.36 bits per heavy atom. The molecule has 2 heterocycles. The minimum atomic E-state index is 0.946. The van der Waals surface area contributed by atoms with Gasteiger partial charge in [0, 0.05) is 39.6 Å². The van der Waals surface area contributed by atoms with Crippen LogP contribution in [0.2, 0.25) is 0 Å². The third-order valence-electron chi connectivity index (χ3n) is 5.39. The first kappa shape index (κ1) is 13.1. The van der Waals surface area contributed by atoms with Crippen LogP contribution in [0.15, 0.2) is 77.2 Å². The highest BCUT2D eigenvalue weighted by molar-refractivity contribution is 6.22. The highest BCUT2D eigenvalue weighted by Gasteiger charge is 2.13. The highest BCUT2D eigenvalue weighted by Crippen LogP contribution is 2.38. The maximum Gasteiger partial charge on any atom is 0.136 e. The van der Waals surface area contributed by atoms with E-state index in [0.29, 0.717) is 0 Å². The summed E-state index contributed by atoms with van der Waals surface area (Å²) in [7, 11) is 2.14. The van der Waals surface area contributed by atoms with Crippen LogP contribution in [0.5, 0.6) is 0 Å². The second-order valence-electron chi connectivity index (χ2n) is 6.70. The molecule has 0 bridgehead atoms. The maximum absolute atomic E-state index is 6.05. The van der Waals surface area contributed by atoms with Crippen LogP contribution in [-0.4, -0.2) is 4.57 Å². The molecule has 4 aromatic carbocycles. The number of rotatable bonds is 0. The Labute approximate surface area is 143 Å². The second-order valence-corrected chi connectivity index (χ2v) is 6.70. The number of aromatic nitrogens is 1. The first-order valence-corrected chi connectivity index (χ1v) is 8.52. The fourth-order valence-electron chi connectivity index (χ4n) is 4.20. The SMILES string of the molecule is Cn1c2ccccc2c2cc3ccc4oc5ccccc5c4c3cc21. The lowest BCUT2D eigenvalue weighted by atomic mass is 10.0. The van der Waals surface area contributed by atoms with Crippen LogP contribution in [0.1, 0.15) is 0 Å². The van der Waals surface area contributed by atoms with Crippen LogP contribution < -0.4 is 0 Å². The number of benzene rings is 4. The molecule has 0 atom stereocenters. The molecule has 0 aliphatic heterocycles. The highest BCUT2D eigenvalue weighted by atomic mass is 16.3. The molecule has 6 aromatic rings. The Morgan fingerprint density at radius 1 is 0.640 bits per heavy atom. The summed E-state index contributed by atoms with van der Waals surface area (Å²) >= 11 is 0. The molecule has 0 saturated heterocycles. The lowest BCUT2D eigenvalue weighted by Gasteiger charge is -2.03. The molecule has 0 unspecified atom stereocenters. The van der Waals surface area contributed by atoms with E-state index in [-0.39, 0.29) is 0 Å². The van der Waals surface area contributed by atoms with E-state index in [0.717, 1.165) is 11.2 Å². The monoisotopic (exact) mass is 321 g/mol. The molecule has 0 spiro atoms. The lowest BCUT2D eigenvalue weighted by molar-refractivity contribution is 0.669. The van der Waals surface area contributed by atoms with Gasteiger partial charge in [0.05, 0.1) is 0 Å². The van der Waals surface area contributed by atoms with Crippen molar-refractivity contribution in [3.63, 3.8) is 0 Å². The van der Waals surface area contributed by atoms with Crippen molar-refractivity contribution in [3.8, 4) is 0 Å². The zero-order valence-corrected chi connectivity index (χ0v) is 13.8. The number of hydrogen-bond donors (Lipinski definition) is 0. The predicted octanol–water partition coefficient (Wildman–Crippen LogP) is 6.38. The molecule has 0 saturated carbocycles. The average molecular weight is 321 g/mol. The molecule has 2 nitrogen and oxygen atoms in total. The number of hydrogen-bond acceptors (Lipinski definition) is 1. The van der Waals surface area contributed by atoms with Crippen molar-refractivity contribution in [2.24, 2.45) is 7.05 Å². The van der Waals surface area contributed by atoms with Crippen molar-refractivity contribution in [1.82, 2.24) is 4.57 Å². The van der Waals surface area contributed by atoms with Crippen molar-refractivity contribution in [3.05, 3.63) is 72.8 Å². The van der Waals surface area contributed by atoms with Crippen molar-refractivity contribution >= 4 is 54.5 Å². The summed E-state index contributed by atoms with van der Waals surface area (Å²) in [6, 6.07) is 25.8. The molecule has 0 aliphatic carbocycles. The van der Waals surface area contributed by atoms with E-state index in [2.05, 4.69) is 72.3 Å². The molecule has 118 valence electrons. The number of fused-ring (bicyclic) bond motifs is 8. The largest absolute Gasteiger partial charge is 0.456 e. The smallest absolute Gasteiger partial charge is 0.136 e. The van der Waals surface area contributed by atoms with Gasteiger partial charge in [0.2, 0.25) is 0 Å². The van der Waals surface area contributed by atoms with Gasteiger partial charge in [0.25, 0.3) is 0 Å². The third-order valence-corrected chi connectivity index (χ3v) is 5.39. The quantitative estimate of drug-likeness (QED) is 0.317. The second kappa shape index (κ2) is 4.42. The molecule has 2 heteroatoms. The molecule has 0 amide bonds. The van der Waals surface area contributed by atoms with Gasteiger partial charge in [-0.15, -0.1) is 0 Å². The number of para-hydroxylation sites is 2. The van der Waals surface area contributed by atoms with Gasteiger partial charge in [-0.05, 0) is 41.1 Å².